The van der Waals surface area contributed by atoms with Crippen molar-refractivity contribution in [3.05, 3.63) is 63.9 Å². The molecule has 0 aromatic heterocycles. The van der Waals surface area contributed by atoms with Gasteiger partial charge < -0.3 is 15.0 Å². The summed E-state index contributed by atoms with van der Waals surface area (Å²) in [5.41, 5.74) is 1.55. The number of ether oxygens (including phenoxy) is 1. The van der Waals surface area contributed by atoms with Gasteiger partial charge in [0.2, 0.25) is 5.91 Å². The molecule has 0 atom stereocenters. The summed E-state index contributed by atoms with van der Waals surface area (Å²) in [4.78, 5) is 13.5. The number of carbonyl (C=O) groups excluding carboxylic acids is 1. The first-order valence-electron chi connectivity index (χ1n) is 9.26. The molecule has 1 aliphatic rings. The first kappa shape index (κ1) is 22.7. The maximum absolute atomic E-state index is 13.8. The van der Waals surface area contributed by atoms with Gasteiger partial charge in [0.1, 0.15) is 18.2 Å². The minimum absolute atomic E-state index is 0. The van der Waals surface area contributed by atoms with Gasteiger partial charge in [0.25, 0.3) is 0 Å². The first-order chi connectivity index (χ1) is 13.1. The molecule has 0 bridgehead atoms. The molecule has 0 aliphatic carbocycles. The molecular weight excluding hydrogens is 447 g/mol. The molecule has 1 aliphatic heterocycles. The summed E-state index contributed by atoms with van der Waals surface area (Å²) in [6.07, 6.45) is 2.59. The van der Waals surface area contributed by atoms with E-state index in [1.54, 1.807) is 18.2 Å². The van der Waals surface area contributed by atoms with Crippen molar-refractivity contribution in [3.8, 4) is 5.75 Å². The summed E-state index contributed by atoms with van der Waals surface area (Å²) < 4.78 is 20.6. The third kappa shape index (κ3) is 6.47. The van der Waals surface area contributed by atoms with Crippen LogP contribution >= 0.6 is 28.3 Å². The molecule has 4 nitrogen and oxygen atoms in total. The number of carbonyl (C=O) groups is 1. The molecule has 152 valence electrons. The lowest BCUT2D eigenvalue weighted by molar-refractivity contribution is -0.127. The summed E-state index contributed by atoms with van der Waals surface area (Å²) in [6, 6.07) is 12.5. The van der Waals surface area contributed by atoms with E-state index in [0.717, 1.165) is 48.3 Å². The van der Waals surface area contributed by atoms with Gasteiger partial charge in [0.15, 0.2) is 0 Å². The Balaban J connectivity index is 0.00000280. The van der Waals surface area contributed by atoms with Gasteiger partial charge in [0.05, 0.1) is 0 Å². The van der Waals surface area contributed by atoms with E-state index in [-0.39, 0.29) is 30.7 Å². The van der Waals surface area contributed by atoms with E-state index in [1.807, 2.05) is 23.1 Å². The Kier molecular flexibility index (Phi) is 9.22. The predicted octanol–water partition coefficient (Wildman–Crippen LogP) is 4.69. The van der Waals surface area contributed by atoms with Crippen molar-refractivity contribution >= 4 is 34.2 Å². The van der Waals surface area contributed by atoms with Crippen molar-refractivity contribution < 1.29 is 13.9 Å². The molecule has 2 aromatic carbocycles. The van der Waals surface area contributed by atoms with Gasteiger partial charge in [-0.15, -0.1) is 12.4 Å². The number of amides is 1. The Morgan fingerprint density at radius 3 is 2.75 bits per heavy atom. The lowest BCUT2D eigenvalue weighted by Gasteiger charge is -2.16. The van der Waals surface area contributed by atoms with Gasteiger partial charge in [0, 0.05) is 41.7 Å². The Morgan fingerprint density at radius 1 is 1.18 bits per heavy atom. The number of hydrogen-bond acceptors (Lipinski definition) is 3. The molecular formula is C21H25BrClFN2O2. The van der Waals surface area contributed by atoms with Crippen molar-refractivity contribution in [2.24, 2.45) is 0 Å². The maximum Gasteiger partial charge on any atom is 0.222 e. The molecule has 1 saturated heterocycles. The van der Waals surface area contributed by atoms with Gasteiger partial charge >= 0.3 is 0 Å². The van der Waals surface area contributed by atoms with Crippen LogP contribution in [-0.4, -0.2) is 30.4 Å². The third-order valence-corrected chi connectivity index (χ3v) is 5.13. The van der Waals surface area contributed by atoms with Gasteiger partial charge in [-0.05, 0) is 43.7 Å². The molecule has 1 fully saturated rings. The standard InChI is InChI=1S/C21H24BrFN2O2.ClH/c22-18-8-9-20(27-15-16-5-1-2-6-19(16)23)17(13-18)14-24-10-4-12-25-11-3-7-21(25)26;/h1-2,5-6,8-9,13,24H,3-4,7,10-12,14-15H2;1H. The zero-order valence-corrected chi connectivity index (χ0v) is 18.0. The molecule has 3 rings (SSSR count). The van der Waals surface area contributed by atoms with Gasteiger partial charge in [-0.1, -0.05) is 34.1 Å². The van der Waals surface area contributed by atoms with Crippen molar-refractivity contribution in [1.29, 1.82) is 0 Å². The number of benzene rings is 2. The summed E-state index contributed by atoms with van der Waals surface area (Å²) in [6.45, 7) is 3.36. The molecule has 0 radical (unpaired) electrons. The average Bonchev–Trinajstić information content (AvgIpc) is 3.07. The summed E-state index contributed by atoms with van der Waals surface area (Å²) >= 11 is 3.49. The van der Waals surface area contributed by atoms with Crippen LogP contribution < -0.4 is 10.1 Å². The van der Waals surface area contributed by atoms with Crippen LogP contribution in [0, 0.1) is 5.82 Å². The number of rotatable bonds is 9. The highest BCUT2D eigenvalue weighted by Gasteiger charge is 2.18. The minimum Gasteiger partial charge on any atom is -0.488 e. The first-order valence-corrected chi connectivity index (χ1v) is 10.1. The van der Waals surface area contributed by atoms with Crippen LogP contribution in [0.2, 0.25) is 0 Å². The maximum atomic E-state index is 13.8. The van der Waals surface area contributed by atoms with Crippen molar-refractivity contribution in [3.63, 3.8) is 0 Å². The monoisotopic (exact) mass is 470 g/mol. The van der Waals surface area contributed by atoms with Crippen LogP contribution in [0.5, 0.6) is 5.75 Å². The molecule has 0 unspecified atom stereocenters. The Bertz CT molecular complexity index is 791. The molecule has 1 amide bonds. The SMILES string of the molecule is Cl.O=C1CCCN1CCCNCc1cc(Br)ccc1OCc1ccccc1F. The number of hydrogen-bond donors (Lipinski definition) is 1. The summed E-state index contributed by atoms with van der Waals surface area (Å²) in [5.74, 6) is 0.750. The van der Waals surface area contributed by atoms with E-state index in [4.69, 9.17) is 4.74 Å². The normalized spacial score (nSPS) is 13.5. The second kappa shape index (κ2) is 11.4. The predicted molar refractivity (Wildman–Crippen MR) is 114 cm³/mol. The van der Waals surface area contributed by atoms with E-state index >= 15 is 0 Å². The molecule has 0 spiro atoms. The Labute approximate surface area is 180 Å². The molecule has 2 aromatic rings. The van der Waals surface area contributed by atoms with Crippen molar-refractivity contribution in [1.82, 2.24) is 10.2 Å². The second-order valence-corrected chi connectivity index (χ2v) is 7.56. The van der Waals surface area contributed by atoms with Gasteiger partial charge in [-0.3, -0.25) is 4.79 Å². The van der Waals surface area contributed by atoms with Crippen LogP contribution in [0.4, 0.5) is 4.39 Å². The fourth-order valence-electron chi connectivity index (χ4n) is 3.16. The van der Waals surface area contributed by atoms with E-state index < -0.39 is 0 Å². The van der Waals surface area contributed by atoms with Crippen LogP contribution in [0.1, 0.15) is 30.4 Å². The highest BCUT2D eigenvalue weighted by Crippen LogP contribution is 2.24. The van der Waals surface area contributed by atoms with E-state index in [9.17, 15) is 9.18 Å². The molecule has 7 heteroatoms. The van der Waals surface area contributed by atoms with Crippen LogP contribution in [0.25, 0.3) is 0 Å². The average molecular weight is 472 g/mol. The number of likely N-dealkylation sites (tertiary alicyclic amines) is 1. The lowest BCUT2D eigenvalue weighted by Crippen LogP contribution is -2.28. The fourth-order valence-corrected chi connectivity index (χ4v) is 3.56. The quantitative estimate of drug-likeness (QED) is 0.540. The zero-order valence-electron chi connectivity index (χ0n) is 15.6. The second-order valence-electron chi connectivity index (χ2n) is 6.65. The van der Waals surface area contributed by atoms with Crippen molar-refractivity contribution in [2.45, 2.75) is 32.4 Å². The summed E-state index contributed by atoms with van der Waals surface area (Å²) in [5, 5.41) is 3.40. The smallest absolute Gasteiger partial charge is 0.222 e. The Hall–Kier alpha value is -1.63. The van der Waals surface area contributed by atoms with E-state index in [2.05, 4.69) is 21.2 Å². The Morgan fingerprint density at radius 2 is 2.00 bits per heavy atom. The lowest BCUT2D eigenvalue weighted by atomic mass is 10.2. The number of nitrogens with one attached hydrogen (secondary N) is 1. The molecule has 1 N–H and O–H groups in total. The minimum atomic E-state index is -0.259. The molecule has 1 heterocycles. The fraction of sp³-hybridized carbons (Fsp3) is 0.381. The van der Waals surface area contributed by atoms with Gasteiger partial charge in [-0.2, -0.15) is 0 Å². The van der Waals surface area contributed by atoms with Crippen LogP contribution in [0.3, 0.4) is 0 Å². The number of halogens is 3. The van der Waals surface area contributed by atoms with E-state index in [1.165, 1.54) is 6.07 Å². The molecule has 28 heavy (non-hydrogen) atoms. The highest BCUT2D eigenvalue weighted by atomic mass is 79.9. The van der Waals surface area contributed by atoms with E-state index in [0.29, 0.717) is 18.5 Å². The largest absolute Gasteiger partial charge is 0.488 e. The third-order valence-electron chi connectivity index (χ3n) is 4.63. The summed E-state index contributed by atoms with van der Waals surface area (Å²) in [7, 11) is 0. The van der Waals surface area contributed by atoms with Crippen LogP contribution in [0.15, 0.2) is 46.9 Å². The number of nitrogens with zero attached hydrogens (tertiary/aromatic N) is 1. The zero-order chi connectivity index (χ0) is 19.1. The van der Waals surface area contributed by atoms with Crippen molar-refractivity contribution in [2.75, 3.05) is 19.6 Å². The topological polar surface area (TPSA) is 41.6 Å². The molecule has 0 saturated carbocycles. The van der Waals surface area contributed by atoms with Crippen LogP contribution in [-0.2, 0) is 17.9 Å². The highest BCUT2D eigenvalue weighted by molar-refractivity contribution is 9.10. The van der Waals surface area contributed by atoms with Gasteiger partial charge in [-0.25, -0.2) is 4.39 Å².